The molecule has 0 aromatic heterocycles. The van der Waals surface area contributed by atoms with Crippen LogP contribution in [0.2, 0.25) is 10.0 Å². The van der Waals surface area contributed by atoms with Crippen molar-refractivity contribution in [2.75, 3.05) is 18.0 Å². The van der Waals surface area contributed by atoms with Crippen molar-refractivity contribution < 1.29 is 9.59 Å². The molecule has 3 aliphatic rings. The zero-order chi connectivity index (χ0) is 19.6. The van der Waals surface area contributed by atoms with Gasteiger partial charge in [0.15, 0.2) is 0 Å². The average molecular weight is 416 g/mol. The minimum Gasteiger partial charge on any atom is -0.274 e. The highest BCUT2D eigenvalue weighted by Crippen LogP contribution is 2.54. The molecule has 3 fully saturated rings. The van der Waals surface area contributed by atoms with E-state index in [1.807, 2.05) is 37.3 Å². The van der Waals surface area contributed by atoms with E-state index in [0.717, 1.165) is 25.1 Å². The Labute approximate surface area is 173 Å². The van der Waals surface area contributed by atoms with E-state index in [1.165, 1.54) is 4.90 Å². The van der Waals surface area contributed by atoms with Gasteiger partial charge in [0, 0.05) is 13.1 Å². The molecule has 0 aliphatic carbocycles. The van der Waals surface area contributed by atoms with Crippen LogP contribution in [-0.2, 0) is 9.59 Å². The number of imide groups is 1. The van der Waals surface area contributed by atoms with Crippen LogP contribution in [0.5, 0.6) is 0 Å². The zero-order valence-corrected chi connectivity index (χ0v) is 16.8. The molecule has 0 radical (unpaired) electrons. The Hall–Kier alpha value is -1.92. The van der Waals surface area contributed by atoms with Gasteiger partial charge in [0.2, 0.25) is 5.91 Å². The lowest BCUT2D eigenvalue weighted by atomic mass is 9.81. The molecule has 0 bridgehead atoms. The SMILES string of the molecule is C[C@@]12C(=O)N(c3ccc(Cl)c(Cl)c3)C(=O)[C@@H]1[C@H](c1ccccc1)N1CCCN12. The predicted molar refractivity (Wildman–Crippen MR) is 108 cm³/mol. The maximum Gasteiger partial charge on any atom is 0.256 e. The standard InChI is InChI=1S/C21H19Cl2N3O2/c1-21-17(18(13-6-3-2-4-7-13)24-10-5-11-25(21)24)19(27)26(20(21)28)14-8-9-15(22)16(23)12-14/h2-4,6-9,12,17-18H,5,10-11H2,1H3/t17-,18-,21-/m0/s1. The molecule has 5 rings (SSSR count). The summed E-state index contributed by atoms with van der Waals surface area (Å²) >= 11 is 12.2. The second kappa shape index (κ2) is 6.29. The minimum absolute atomic E-state index is 0.155. The second-order valence-corrected chi connectivity index (χ2v) is 8.51. The lowest BCUT2D eigenvalue weighted by molar-refractivity contribution is -0.131. The Morgan fingerprint density at radius 3 is 2.46 bits per heavy atom. The van der Waals surface area contributed by atoms with Gasteiger partial charge < -0.3 is 0 Å². The number of nitrogens with zero attached hydrogens (tertiary/aromatic N) is 3. The number of hydrogen-bond donors (Lipinski definition) is 0. The highest BCUT2D eigenvalue weighted by molar-refractivity contribution is 6.42. The number of fused-ring (bicyclic) bond motifs is 3. The van der Waals surface area contributed by atoms with Crippen LogP contribution in [0, 0.1) is 5.92 Å². The molecule has 5 nitrogen and oxygen atoms in total. The van der Waals surface area contributed by atoms with E-state index in [4.69, 9.17) is 23.2 Å². The highest BCUT2D eigenvalue weighted by atomic mass is 35.5. The molecule has 144 valence electrons. The van der Waals surface area contributed by atoms with E-state index >= 15 is 0 Å². The number of rotatable bonds is 2. The molecule has 0 N–H and O–H groups in total. The van der Waals surface area contributed by atoms with Gasteiger partial charge in [-0.1, -0.05) is 53.5 Å². The smallest absolute Gasteiger partial charge is 0.256 e. The Balaban J connectivity index is 1.64. The lowest BCUT2D eigenvalue weighted by Crippen LogP contribution is -2.52. The van der Waals surface area contributed by atoms with Gasteiger partial charge in [-0.2, -0.15) is 0 Å². The molecular weight excluding hydrogens is 397 g/mol. The number of halogens is 2. The molecule has 3 heterocycles. The number of amides is 2. The molecule has 7 heteroatoms. The molecule has 3 atom stereocenters. The van der Waals surface area contributed by atoms with E-state index in [-0.39, 0.29) is 17.9 Å². The summed E-state index contributed by atoms with van der Waals surface area (Å²) in [4.78, 5) is 28.5. The van der Waals surface area contributed by atoms with Crippen molar-refractivity contribution in [1.82, 2.24) is 10.0 Å². The van der Waals surface area contributed by atoms with Crippen LogP contribution in [0.4, 0.5) is 5.69 Å². The van der Waals surface area contributed by atoms with Crippen molar-refractivity contribution in [2.45, 2.75) is 24.9 Å². The monoisotopic (exact) mass is 415 g/mol. The number of carbonyl (C=O) groups is 2. The number of carbonyl (C=O) groups excluding carboxylic acids is 2. The fourth-order valence-corrected chi connectivity index (χ4v) is 5.32. The third kappa shape index (κ3) is 2.28. The molecule has 2 aromatic rings. The number of hydrogen-bond acceptors (Lipinski definition) is 4. The van der Waals surface area contributed by atoms with Gasteiger partial charge in [0.25, 0.3) is 5.91 Å². The van der Waals surface area contributed by atoms with Crippen molar-refractivity contribution in [3.63, 3.8) is 0 Å². The van der Waals surface area contributed by atoms with Crippen molar-refractivity contribution in [3.05, 3.63) is 64.1 Å². The van der Waals surface area contributed by atoms with Crippen LogP contribution >= 0.6 is 23.2 Å². The summed E-state index contributed by atoms with van der Waals surface area (Å²) in [5, 5.41) is 5.03. The van der Waals surface area contributed by atoms with Gasteiger partial charge >= 0.3 is 0 Å². The van der Waals surface area contributed by atoms with E-state index in [1.54, 1.807) is 18.2 Å². The summed E-state index contributed by atoms with van der Waals surface area (Å²) in [7, 11) is 0. The summed E-state index contributed by atoms with van der Waals surface area (Å²) in [5.41, 5.74) is 0.623. The van der Waals surface area contributed by atoms with Crippen LogP contribution in [0.3, 0.4) is 0 Å². The van der Waals surface area contributed by atoms with E-state index in [2.05, 4.69) is 10.0 Å². The summed E-state index contributed by atoms with van der Waals surface area (Å²) in [6, 6.07) is 14.7. The largest absolute Gasteiger partial charge is 0.274 e. The summed E-state index contributed by atoms with van der Waals surface area (Å²) < 4.78 is 0. The molecule has 0 saturated carbocycles. The topological polar surface area (TPSA) is 43.9 Å². The van der Waals surface area contributed by atoms with E-state index in [9.17, 15) is 9.59 Å². The number of anilines is 1. The quantitative estimate of drug-likeness (QED) is 0.697. The zero-order valence-electron chi connectivity index (χ0n) is 15.3. The Morgan fingerprint density at radius 1 is 1.00 bits per heavy atom. The predicted octanol–water partition coefficient (Wildman–Crippen LogP) is 3.92. The molecule has 28 heavy (non-hydrogen) atoms. The minimum atomic E-state index is -0.903. The van der Waals surface area contributed by atoms with Crippen molar-refractivity contribution in [2.24, 2.45) is 5.92 Å². The van der Waals surface area contributed by atoms with Gasteiger partial charge in [-0.05, 0) is 37.1 Å². The van der Waals surface area contributed by atoms with Gasteiger partial charge in [0.1, 0.15) is 5.54 Å². The summed E-state index contributed by atoms with van der Waals surface area (Å²) in [5.74, 6) is -0.863. The van der Waals surface area contributed by atoms with Crippen LogP contribution in [-0.4, -0.2) is 40.5 Å². The van der Waals surface area contributed by atoms with E-state index in [0.29, 0.717) is 15.7 Å². The van der Waals surface area contributed by atoms with Crippen LogP contribution in [0.1, 0.15) is 24.9 Å². The summed E-state index contributed by atoms with van der Waals surface area (Å²) in [6.45, 7) is 3.51. The number of hydrazine groups is 1. The van der Waals surface area contributed by atoms with Gasteiger partial charge in [-0.25, -0.2) is 14.9 Å². The Morgan fingerprint density at radius 2 is 1.75 bits per heavy atom. The van der Waals surface area contributed by atoms with Crippen LogP contribution < -0.4 is 4.90 Å². The van der Waals surface area contributed by atoms with Crippen LogP contribution in [0.15, 0.2) is 48.5 Å². The molecule has 2 aromatic carbocycles. The lowest BCUT2D eigenvalue weighted by Gasteiger charge is -2.33. The molecule has 0 unspecified atom stereocenters. The second-order valence-electron chi connectivity index (χ2n) is 7.70. The van der Waals surface area contributed by atoms with Crippen LogP contribution in [0.25, 0.3) is 0 Å². The third-order valence-electron chi connectivity index (χ3n) is 6.27. The van der Waals surface area contributed by atoms with Gasteiger partial charge in [-0.3, -0.25) is 9.59 Å². The molecule has 0 spiro atoms. The molecule has 2 amide bonds. The molecular formula is C21H19Cl2N3O2. The normalized spacial score (nSPS) is 30.2. The molecule has 3 aliphatic heterocycles. The molecule has 3 saturated heterocycles. The van der Waals surface area contributed by atoms with Crippen molar-refractivity contribution >= 4 is 40.7 Å². The Bertz CT molecular complexity index is 983. The van der Waals surface area contributed by atoms with Gasteiger partial charge in [-0.15, -0.1) is 0 Å². The third-order valence-corrected chi connectivity index (χ3v) is 7.01. The fraction of sp³-hybridized carbons (Fsp3) is 0.333. The highest BCUT2D eigenvalue weighted by Gasteiger charge is 2.70. The first-order valence-electron chi connectivity index (χ1n) is 9.37. The van der Waals surface area contributed by atoms with Gasteiger partial charge in [0.05, 0.1) is 27.7 Å². The van der Waals surface area contributed by atoms with Crippen molar-refractivity contribution in [1.29, 1.82) is 0 Å². The first-order valence-corrected chi connectivity index (χ1v) is 10.1. The number of benzene rings is 2. The summed E-state index contributed by atoms with van der Waals surface area (Å²) in [6.07, 6.45) is 0.972. The average Bonchev–Trinajstić information content (AvgIpc) is 3.31. The van der Waals surface area contributed by atoms with Crippen molar-refractivity contribution in [3.8, 4) is 0 Å². The maximum atomic E-state index is 13.6. The van der Waals surface area contributed by atoms with E-state index < -0.39 is 11.5 Å². The first kappa shape index (κ1) is 18.1. The Kier molecular flexibility index (Phi) is 4.07. The first-order chi connectivity index (χ1) is 13.4. The maximum absolute atomic E-state index is 13.6. The fourth-order valence-electron chi connectivity index (χ4n) is 5.03.